The van der Waals surface area contributed by atoms with E-state index in [9.17, 15) is 0 Å². The molecule has 0 bridgehead atoms. The van der Waals surface area contributed by atoms with Crippen molar-refractivity contribution in [1.29, 1.82) is 0 Å². The summed E-state index contributed by atoms with van der Waals surface area (Å²) in [5.74, 6) is 0. The Hall–Kier alpha value is -1.36. The van der Waals surface area contributed by atoms with Crippen LogP contribution in [-0.4, -0.2) is 18.4 Å². The molecule has 4 rings (SSSR count). The van der Waals surface area contributed by atoms with E-state index in [1.165, 1.54) is 14.3 Å². The minimum atomic E-state index is -3.41. The van der Waals surface area contributed by atoms with Crippen LogP contribution in [0, 0.1) is 0 Å². The standard InChI is InChI=1S/2C6H4Br.2C6H5.Sn/c2*7-6-4-2-1-3-5-6;2*1-2-4-6-5-3-1;/h2*2-5H;2*1-5H;. The molecule has 4 aromatic carbocycles. The third-order valence-electron chi connectivity index (χ3n) is 4.97. The molecular weight excluding hydrogens is 567 g/mol. The van der Waals surface area contributed by atoms with Gasteiger partial charge in [0.25, 0.3) is 0 Å². The fourth-order valence-corrected chi connectivity index (χ4v) is 17.8. The molecule has 0 aliphatic carbocycles. The van der Waals surface area contributed by atoms with Crippen molar-refractivity contribution in [2.24, 2.45) is 0 Å². The Balaban J connectivity index is 2.11. The van der Waals surface area contributed by atoms with Gasteiger partial charge in [0.05, 0.1) is 0 Å². The van der Waals surface area contributed by atoms with Crippen molar-refractivity contribution in [3.8, 4) is 0 Å². The predicted octanol–water partition coefficient (Wildman–Crippen LogP) is 4.59. The topological polar surface area (TPSA) is 0 Å². The van der Waals surface area contributed by atoms with E-state index < -0.39 is 18.4 Å². The molecule has 0 unspecified atom stereocenters. The third-order valence-corrected chi connectivity index (χ3v) is 19.7. The Kier molecular flexibility index (Phi) is 5.86. The Morgan fingerprint density at radius 3 is 1.00 bits per heavy atom. The maximum absolute atomic E-state index is 3.61. The fraction of sp³-hybridized carbons (Fsp3) is 0. The van der Waals surface area contributed by atoms with Crippen molar-refractivity contribution in [2.45, 2.75) is 0 Å². The first-order chi connectivity index (χ1) is 13.2. The summed E-state index contributed by atoms with van der Waals surface area (Å²) in [6.45, 7) is 0. The molecule has 0 heterocycles. The molecule has 0 saturated carbocycles. The molecular formula is C24H18Br2Sn. The van der Waals surface area contributed by atoms with E-state index in [1.54, 1.807) is 0 Å². The summed E-state index contributed by atoms with van der Waals surface area (Å²) in [6, 6.07) is 40.1. The zero-order valence-corrected chi connectivity index (χ0v) is 20.7. The van der Waals surface area contributed by atoms with Gasteiger partial charge in [-0.25, -0.2) is 0 Å². The van der Waals surface area contributed by atoms with Crippen LogP contribution in [0.1, 0.15) is 0 Å². The van der Waals surface area contributed by atoms with Gasteiger partial charge in [0.1, 0.15) is 0 Å². The third kappa shape index (κ3) is 3.67. The van der Waals surface area contributed by atoms with Gasteiger partial charge in [-0.1, -0.05) is 0 Å². The van der Waals surface area contributed by atoms with Crippen LogP contribution in [-0.2, 0) is 0 Å². The number of halogens is 2. The molecule has 0 amide bonds. The molecule has 132 valence electrons. The van der Waals surface area contributed by atoms with Gasteiger partial charge in [0, 0.05) is 0 Å². The second-order valence-corrected chi connectivity index (χ2v) is 19.2. The van der Waals surface area contributed by atoms with E-state index in [2.05, 4.69) is 141 Å². The van der Waals surface area contributed by atoms with Crippen molar-refractivity contribution in [2.75, 3.05) is 0 Å². The molecule has 3 heteroatoms. The molecule has 0 spiro atoms. The maximum atomic E-state index is 3.61. The second kappa shape index (κ2) is 8.34. The first-order valence-electron chi connectivity index (χ1n) is 8.84. The monoisotopic (exact) mass is 584 g/mol. The molecule has 0 nitrogen and oxygen atoms in total. The van der Waals surface area contributed by atoms with Gasteiger partial charge in [-0.05, 0) is 0 Å². The van der Waals surface area contributed by atoms with Crippen LogP contribution in [0.4, 0.5) is 0 Å². The summed E-state index contributed by atoms with van der Waals surface area (Å²) in [4.78, 5) is 0. The van der Waals surface area contributed by atoms with Gasteiger partial charge < -0.3 is 0 Å². The first-order valence-corrected chi connectivity index (χ1v) is 16.1. The zero-order valence-electron chi connectivity index (χ0n) is 14.6. The molecule has 27 heavy (non-hydrogen) atoms. The van der Waals surface area contributed by atoms with Gasteiger partial charge in [0.15, 0.2) is 0 Å². The van der Waals surface area contributed by atoms with Crippen LogP contribution < -0.4 is 14.3 Å². The predicted molar refractivity (Wildman–Crippen MR) is 125 cm³/mol. The summed E-state index contributed by atoms with van der Waals surface area (Å²) in [5.41, 5.74) is 0. The van der Waals surface area contributed by atoms with Gasteiger partial charge in [-0.15, -0.1) is 0 Å². The van der Waals surface area contributed by atoms with Crippen molar-refractivity contribution >= 4 is 64.6 Å². The number of benzene rings is 4. The molecule has 0 N–H and O–H groups in total. The van der Waals surface area contributed by atoms with Crippen LogP contribution in [0.25, 0.3) is 0 Å². The SMILES string of the molecule is Brc1cc[c]([Sn]([c]2ccccc2)([c]2ccccc2)[c]2ccc(Br)cc2)cc1. The van der Waals surface area contributed by atoms with Crippen LogP contribution in [0.15, 0.2) is 118 Å². The van der Waals surface area contributed by atoms with E-state index in [1.807, 2.05) is 0 Å². The molecule has 4 aromatic rings. The molecule has 0 saturated heterocycles. The Labute approximate surface area is 181 Å². The summed E-state index contributed by atoms with van der Waals surface area (Å²) in [7, 11) is 0. The fourth-order valence-electron chi connectivity index (χ4n) is 3.78. The Morgan fingerprint density at radius 2 is 0.667 bits per heavy atom. The summed E-state index contributed by atoms with van der Waals surface area (Å²) in [6.07, 6.45) is 0. The number of rotatable bonds is 4. The molecule has 0 atom stereocenters. The van der Waals surface area contributed by atoms with E-state index in [0.29, 0.717) is 0 Å². The van der Waals surface area contributed by atoms with Crippen LogP contribution in [0.3, 0.4) is 0 Å². The van der Waals surface area contributed by atoms with Gasteiger partial charge in [-0.2, -0.15) is 0 Å². The summed E-state index contributed by atoms with van der Waals surface area (Å²) < 4.78 is 8.05. The molecule has 0 aliphatic heterocycles. The Bertz CT molecular complexity index is 924. The van der Waals surface area contributed by atoms with E-state index in [0.717, 1.165) is 8.95 Å². The summed E-state index contributed by atoms with van der Waals surface area (Å²) in [5, 5.41) is 0. The average Bonchev–Trinajstić information content (AvgIpc) is 2.73. The van der Waals surface area contributed by atoms with Gasteiger partial charge in [0.2, 0.25) is 0 Å². The molecule has 0 aromatic heterocycles. The van der Waals surface area contributed by atoms with E-state index in [-0.39, 0.29) is 0 Å². The second-order valence-electron chi connectivity index (χ2n) is 6.50. The van der Waals surface area contributed by atoms with E-state index in [4.69, 9.17) is 0 Å². The molecule has 0 fully saturated rings. The summed E-state index contributed by atoms with van der Waals surface area (Å²) >= 11 is 3.80. The normalized spacial score (nSPS) is 11.3. The van der Waals surface area contributed by atoms with Gasteiger partial charge >= 0.3 is 183 Å². The minimum absolute atomic E-state index is 1.11. The number of hydrogen-bond acceptors (Lipinski definition) is 0. The van der Waals surface area contributed by atoms with E-state index >= 15 is 0 Å². The first kappa shape index (κ1) is 19.0. The molecule has 0 radical (unpaired) electrons. The van der Waals surface area contributed by atoms with Gasteiger partial charge in [-0.3, -0.25) is 0 Å². The van der Waals surface area contributed by atoms with Crippen molar-refractivity contribution < 1.29 is 0 Å². The Morgan fingerprint density at radius 1 is 0.370 bits per heavy atom. The van der Waals surface area contributed by atoms with Crippen molar-refractivity contribution in [1.82, 2.24) is 0 Å². The van der Waals surface area contributed by atoms with Crippen molar-refractivity contribution in [3.63, 3.8) is 0 Å². The van der Waals surface area contributed by atoms with Crippen LogP contribution in [0.5, 0.6) is 0 Å². The van der Waals surface area contributed by atoms with Crippen LogP contribution in [0.2, 0.25) is 0 Å². The molecule has 0 aliphatic rings. The average molecular weight is 585 g/mol. The number of hydrogen-bond donors (Lipinski definition) is 0. The zero-order chi connectivity index (χ0) is 18.7. The quantitative estimate of drug-likeness (QED) is 0.308. The van der Waals surface area contributed by atoms with Crippen LogP contribution >= 0.6 is 31.9 Å². The van der Waals surface area contributed by atoms with Crippen molar-refractivity contribution in [3.05, 3.63) is 118 Å².